The first-order valence-corrected chi connectivity index (χ1v) is 9.11. The van der Waals surface area contributed by atoms with Crippen LogP contribution in [0, 0.1) is 12.8 Å². The topological polar surface area (TPSA) is 71.3 Å². The van der Waals surface area contributed by atoms with Gasteiger partial charge in [0.25, 0.3) is 11.5 Å². The molecule has 0 saturated heterocycles. The number of aryl methyl sites for hydroxylation is 2. The molecule has 0 saturated carbocycles. The van der Waals surface area contributed by atoms with Gasteiger partial charge in [-0.1, -0.05) is 43.7 Å². The summed E-state index contributed by atoms with van der Waals surface area (Å²) in [5.41, 5.74) is 1.57. The van der Waals surface area contributed by atoms with Crippen LogP contribution in [-0.4, -0.2) is 15.6 Å². The van der Waals surface area contributed by atoms with Gasteiger partial charge in [-0.25, -0.2) is 0 Å². The van der Waals surface area contributed by atoms with Crippen LogP contribution < -0.4 is 10.9 Å². The molecule has 0 aliphatic rings. The van der Waals surface area contributed by atoms with Crippen molar-refractivity contribution in [3.63, 3.8) is 0 Å². The lowest BCUT2D eigenvalue weighted by atomic mass is 10.1. The Kier molecular flexibility index (Phi) is 5.31. The van der Waals surface area contributed by atoms with E-state index in [2.05, 4.69) is 19.2 Å². The van der Waals surface area contributed by atoms with Gasteiger partial charge in [0.1, 0.15) is 11.3 Å². The quantitative estimate of drug-likeness (QED) is 0.708. The molecule has 3 aromatic rings. The number of aromatic hydroxyl groups is 1. The average Bonchev–Trinajstić information content (AvgIpc) is 2.63. The Morgan fingerprint density at radius 3 is 2.44 bits per heavy atom. The molecule has 1 heterocycles. The van der Waals surface area contributed by atoms with Crippen molar-refractivity contribution in [3.05, 3.63) is 70.0 Å². The second kappa shape index (κ2) is 7.66. The number of amides is 1. The largest absolute Gasteiger partial charge is 0.506 e. The first-order valence-electron chi connectivity index (χ1n) is 9.11. The highest BCUT2D eigenvalue weighted by molar-refractivity contribution is 6.09. The van der Waals surface area contributed by atoms with Crippen LogP contribution in [0.15, 0.2) is 53.3 Å². The second-order valence-electron chi connectivity index (χ2n) is 7.20. The van der Waals surface area contributed by atoms with E-state index in [0.717, 1.165) is 12.0 Å². The molecular weight excluding hydrogens is 340 g/mol. The third-order valence-corrected chi connectivity index (χ3v) is 4.61. The summed E-state index contributed by atoms with van der Waals surface area (Å²) in [4.78, 5) is 25.8. The first kappa shape index (κ1) is 18.7. The van der Waals surface area contributed by atoms with Crippen molar-refractivity contribution in [2.75, 3.05) is 5.32 Å². The van der Waals surface area contributed by atoms with Crippen molar-refractivity contribution in [1.29, 1.82) is 0 Å². The highest BCUT2D eigenvalue weighted by atomic mass is 16.3. The van der Waals surface area contributed by atoms with Gasteiger partial charge in [-0.05, 0) is 43.5 Å². The van der Waals surface area contributed by atoms with Crippen LogP contribution in [0.3, 0.4) is 0 Å². The molecule has 0 unspecified atom stereocenters. The second-order valence-corrected chi connectivity index (χ2v) is 7.20. The Labute approximate surface area is 158 Å². The normalized spacial score (nSPS) is 11.1. The maximum atomic E-state index is 13.0. The number of nitrogens with zero attached hydrogens (tertiary/aromatic N) is 1. The van der Waals surface area contributed by atoms with E-state index in [1.54, 1.807) is 34.9 Å². The number of rotatable bonds is 5. The SMILES string of the molecule is Cc1ccc(NC(=O)c2c(O)c3ccccc3n(CCC(C)C)c2=O)cc1. The Balaban J connectivity index is 2.09. The number of aromatic nitrogens is 1. The third kappa shape index (κ3) is 3.87. The van der Waals surface area contributed by atoms with Gasteiger partial charge in [-0.15, -0.1) is 0 Å². The Hall–Kier alpha value is -3.08. The summed E-state index contributed by atoms with van der Waals surface area (Å²) in [5.74, 6) is -0.472. The van der Waals surface area contributed by atoms with Crippen LogP contribution >= 0.6 is 0 Å². The van der Waals surface area contributed by atoms with Crippen LogP contribution in [0.25, 0.3) is 10.9 Å². The van der Waals surface area contributed by atoms with Crippen molar-refractivity contribution in [2.45, 2.75) is 33.7 Å². The minimum Gasteiger partial charge on any atom is -0.506 e. The molecule has 5 heteroatoms. The molecule has 0 atom stereocenters. The molecule has 0 fully saturated rings. The van der Waals surface area contributed by atoms with Gasteiger partial charge < -0.3 is 15.0 Å². The summed E-state index contributed by atoms with van der Waals surface area (Å²) in [6.07, 6.45) is 0.799. The molecule has 0 spiro atoms. The molecule has 0 aliphatic carbocycles. The van der Waals surface area contributed by atoms with E-state index in [4.69, 9.17) is 0 Å². The van der Waals surface area contributed by atoms with E-state index in [0.29, 0.717) is 29.1 Å². The fraction of sp³-hybridized carbons (Fsp3) is 0.273. The molecule has 140 valence electrons. The molecule has 1 aromatic heterocycles. The van der Waals surface area contributed by atoms with E-state index >= 15 is 0 Å². The molecule has 0 bridgehead atoms. The van der Waals surface area contributed by atoms with Crippen LogP contribution in [0.5, 0.6) is 5.75 Å². The van der Waals surface area contributed by atoms with Crippen LogP contribution in [-0.2, 0) is 6.54 Å². The van der Waals surface area contributed by atoms with Gasteiger partial charge in [0.15, 0.2) is 0 Å². The van der Waals surface area contributed by atoms with Crippen molar-refractivity contribution >= 4 is 22.5 Å². The van der Waals surface area contributed by atoms with Crippen molar-refractivity contribution in [2.24, 2.45) is 5.92 Å². The van der Waals surface area contributed by atoms with Crippen LogP contribution in [0.4, 0.5) is 5.69 Å². The number of fused-ring (bicyclic) bond motifs is 1. The standard InChI is InChI=1S/C22H24N2O3/c1-14(2)12-13-24-18-7-5-4-6-17(18)20(25)19(22(24)27)21(26)23-16-10-8-15(3)9-11-16/h4-11,14,25H,12-13H2,1-3H3,(H,23,26). The minimum atomic E-state index is -0.606. The number of pyridine rings is 1. The lowest BCUT2D eigenvalue weighted by Crippen LogP contribution is -2.30. The fourth-order valence-corrected chi connectivity index (χ4v) is 3.03. The van der Waals surface area contributed by atoms with E-state index < -0.39 is 11.5 Å². The van der Waals surface area contributed by atoms with E-state index in [9.17, 15) is 14.7 Å². The fourth-order valence-electron chi connectivity index (χ4n) is 3.03. The predicted octanol–water partition coefficient (Wildman–Crippen LogP) is 4.31. The van der Waals surface area contributed by atoms with Crippen molar-refractivity contribution < 1.29 is 9.90 Å². The lowest BCUT2D eigenvalue weighted by molar-refractivity contribution is 0.102. The molecule has 3 rings (SSSR count). The Bertz CT molecular complexity index is 1030. The molecule has 2 N–H and O–H groups in total. The number of hydrogen-bond acceptors (Lipinski definition) is 3. The molecule has 27 heavy (non-hydrogen) atoms. The van der Waals surface area contributed by atoms with Crippen molar-refractivity contribution in [3.8, 4) is 5.75 Å². The molecule has 1 amide bonds. The van der Waals surface area contributed by atoms with E-state index in [1.807, 2.05) is 25.1 Å². The maximum absolute atomic E-state index is 13.0. The number of carbonyl (C=O) groups excluding carboxylic acids is 1. The molecule has 5 nitrogen and oxygen atoms in total. The summed E-state index contributed by atoms with van der Waals surface area (Å²) in [6, 6.07) is 14.4. The highest BCUT2D eigenvalue weighted by Gasteiger charge is 2.22. The van der Waals surface area contributed by atoms with Crippen LogP contribution in [0.1, 0.15) is 36.2 Å². The van der Waals surface area contributed by atoms with Gasteiger partial charge in [-0.2, -0.15) is 0 Å². The predicted molar refractivity (Wildman–Crippen MR) is 108 cm³/mol. The number of benzene rings is 2. The zero-order chi connectivity index (χ0) is 19.6. The summed E-state index contributed by atoms with van der Waals surface area (Å²) in [5, 5.41) is 13.9. The molecular formula is C22H24N2O3. The van der Waals surface area contributed by atoms with Crippen LogP contribution in [0.2, 0.25) is 0 Å². The summed E-state index contributed by atoms with van der Waals surface area (Å²) < 4.78 is 1.58. The number of hydrogen-bond donors (Lipinski definition) is 2. The van der Waals surface area contributed by atoms with Gasteiger partial charge in [0.2, 0.25) is 0 Å². The minimum absolute atomic E-state index is 0.224. The zero-order valence-electron chi connectivity index (χ0n) is 15.8. The highest BCUT2D eigenvalue weighted by Crippen LogP contribution is 2.27. The molecule has 0 radical (unpaired) electrons. The number of carbonyl (C=O) groups is 1. The Morgan fingerprint density at radius 1 is 1.11 bits per heavy atom. The van der Waals surface area contributed by atoms with Crippen molar-refractivity contribution in [1.82, 2.24) is 4.57 Å². The van der Waals surface area contributed by atoms with Gasteiger partial charge in [0, 0.05) is 17.6 Å². The Morgan fingerprint density at radius 2 is 1.78 bits per heavy atom. The zero-order valence-corrected chi connectivity index (χ0v) is 15.8. The number of para-hydroxylation sites is 1. The van der Waals surface area contributed by atoms with Gasteiger partial charge >= 0.3 is 0 Å². The van der Waals surface area contributed by atoms with Gasteiger partial charge in [-0.3, -0.25) is 9.59 Å². The van der Waals surface area contributed by atoms with E-state index in [1.165, 1.54) is 0 Å². The lowest BCUT2D eigenvalue weighted by Gasteiger charge is -2.16. The average molecular weight is 364 g/mol. The third-order valence-electron chi connectivity index (χ3n) is 4.61. The van der Waals surface area contributed by atoms with E-state index in [-0.39, 0.29) is 11.3 Å². The summed E-state index contributed by atoms with van der Waals surface area (Å²) in [6.45, 7) is 6.60. The molecule has 2 aromatic carbocycles. The number of nitrogens with one attached hydrogen (secondary N) is 1. The number of anilines is 1. The smallest absolute Gasteiger partial charge is 0.267 e. The molecule has 0 aliphatic heterocycles. The van der Waals surface area contributed by atoms with Gasteiger partial charge in [0.05, 0.1) is 5.52 Å². The first-order chi connectivity index (χ1) is 12.9. The maximum Gasteiger partial charge on any atom is 0.267 e. The monoisotopic (exact) mass is 364 g/mol. The summed E-state index contributed by atoms with van der Waals surface area (Å²) >= 11 is 0. The summed E-state index contributed by atoms with van der Waals surface area (Å²) in [7, 11) is 0.